The third-order valence-electron chi connectivity index (χ3n) is 5.96. The van der Waals surface area contributed by atoms with Crippen molar-refractivity contribution in [2.75, 3.05) is 30.6 Å². The van der Waals surface area contributed by atoms with Crippen LogP contribution in [0.5, 0.6) is 11.5 Å². The molecule has 1 heterocycles. The molecule has 0 radical (unpaired) electrons. The molecule has 4 rings (SSSR count). The molecule has 2 N–H and O–H groups in total. The number of ether oxygens (including phenoxy) is 2. The van der Waals surface area contributed by atoms with Crippen molar-refractivity contribution in [3.05, 3.63) is 94.4 Å². The smallest absolute Gasteiger partial charge is 0.295 e. The van der Waals surface area contributed by atoms with Crippen LogP contribution in [0.3, 0.4) is 0 Å². The first-order chi connectivity index (χ1) is 18.3. The van der Waals surface area contributed by atoms with Gasteiger partial charge in [0.1, 0.15) is 22.7 Å². The topological polar surface area (TPSA) is 104 Å². The molecule has 0 aliphatic heterocycles. The van der Waals surface area contributed by atoms with Crippen LogP contribution in [0.25, 0.3) is 5.69 Å². The Morgan fingerprint density at radius 2 is 1.50 bits per heavy atom. The van der Waals surface area contributed by atoms with E-state index in [2.05, 4.69) is 10.6 Å². The number of hydrogen-bond donors (Lipinski definition) is 2. The van der Waals surface area contributed by atoms with E-state index in [1.54, 1.807) is 49.0 Å². The zero-order valence-electron chi connectivity index (χ0n) is 21.5. The molecule has 0 bridgehead atoms. The summed E-state index contributed by atoms with van der Waals surface area (Å²) in [6, 6.07) is 21.5. The number of nitrogens with one attached hydrogen (secondary N) is 2. The van der Waals surface area contributed by atoms with Crippen molar-refractivity contribution in [1.82, 2.24) is 9.36 Å². The van der Waals surface area contributed by atoms with Crippen molar-refractivity contribution in [1.29, 1.82) is 0 Å². The summed E-state index contributed by atoms with van der Waals surface area (Å²) >= 11 is 1.32. The lowest BCUT2D eigenvalue weighted by Crippen LogP contribution is -2.23. The monoisotopic (exact) mass is 532 g/mol. The van der Waals surface area contributed by atoms with Crippen LogP contribution in [0.15, 0.2) is 82.5 Å². The lowest BCUT2D eigenvalue weighted by Gasteiger charge is -2.13. The van der Waals surface area contributed by atoms with E-state index < -0.39 is 0 Å². The second-order valence-corrected chi connectivity index (χ2v) is 9.34. The van der Waals surface area contributed by atoms with Gasteiger partial charge in [-0.1, -0.05) is 24.3 Å². The third kappa shape index (κ3) is 5.60. The quantitative estimate of drug-likeness (QED) is 0.308. The van der Waals surface area contributed by atoms with Gasteiger partial charge < -0.3 is 20.1 Å². The highest BCUT2D eigenvalue weighted by molar-refractivity contribution is 8.00. The molecule has 10 heteroatoms. The maximum absolute atomic E-state index is 13.0. The van der Waals surface area contributed by atoms with Gasteiger partial charge in [0, 0.05) is 17.6 Å². The Balaban J connectivity index is 1.38. The molecule has 1 aromatic heterocycles. The predicted molar refractivity (Wildman–Crippen MR) is 149 cm³/mol. The molecule has 0 atom stereocenters. The SMILES string of the molecule is COc1cccc(OC)c1C(=O)Nc1ccc(SCC(=O)Nc2c(C)n(C)n(-c3ccccc3)c2=O)cc1. The minimum Gasteiger partial charge on any atom is -0.496 e. The first-order valence-corrected chi connectivity index (χ1v) is 12.7. The number of aromatic nitrogens is 2. The number of thioether (sulfide) groups is 1. The lowest BCUT2D eigenvalue weighted by molar-refractivity contribution is -0.113. The zero-order valence-corrected chi connectivity index (χ0v) is 22.3. The molecule has 9 nitrogen and oxygen atoms in total. The van der Waals surface area contributed by atoms with Crippen LogP contribution in [-0.2, 0) is 11.8 Å². The van der Waals surface area contributed by atoms with Crippen LogP contribution < -0.4 is 25.7 Å². The van der Waals surface area contributed by atoms with E-state index >= 15 is 0 Å². The van der Waals surface area contributed by atoms with Gasteiger partial charge in [0.2, 0.25) is 5.91 Å². The van der Waals surface area contributed by atoms with Gasteiger partial charge >= 0.3 is 0 Å². The molecular weight excluding hydrogens is 504 g/mol. The number of nitrogens with zero attached hydrogens (tertiary/aromatic N) is 2. The Bertz CT molecular complexity index is 1490. The Morgan fingerprint density at radius 1 is 0.868 bits per heavy atom. The van der Waals surface area contributed by atoms with Crippen molar-refractivity contribution in [3.8, 4) is 17.2 Å². The van der Waals surface area contributed by atoms with Gasteiger partial charge in [-0.15, -0.1) is 11.8 Å². The van der Waals surface area contributed by atoms with Crippen LogP contribution in [-0.4, -0.2) is 41.2 Å². The van der Waals surface area contributed by atoms with Crippen LogP contribution in [0.4, 0.5) is 11.4 Å². The van der Waals surface area contributed by atoms with E-state index in [0.717, 1.165) is 4.90 Å². The number of hydrogen-bond acceptors (Lipinski definition) is 6. The van der Waals surface area contributed by atoms with E-state index in [1.165, 1.54) is 30.7 Å². The molecule has 0 aliphatic carbocycles. The molecule has 0 spiro atoms. The standard InChI is InChI=1S/C28H28N4O5S/c1-18-26(28(35)32(31(18)2)20-9-6-5-7-10-20)30-24(33)17-38-21-15-13-19(14-16-21)29-27(34)25-22(36-3)11-8-12-23(25)37-4/h5-16H,17H2,1-4H3,(H,29,34)(H,30,33). The average molecular weight is 533 g/mol. The molecular formula is C28H28N4O5S. The minimum atomic E-state index is -0.363. The van der Waals surface area contributed by atoms with Gasteiger partial charge in [0.25, 0.3) is 11.5 Å². The molecule has 2 amide bonds. The maximum Gasteiger partial charge on any atom is 0.295 e. The van der Waals surface area contributed by atoms with Crippen LogP contribution in [0.2, 0.25) is 0 Å². The summed E-state index contributed by atoms with van der Waals surface area (Å²) in [6.45, 7) is 1.79. The number of rotatable bonds is 9. The van der Waals surface area contributed by atoms with Gasteiger partial charge in [-0.05, 0) is 55.5 Å². The number of amides is 2. The second-order valence-electron chi connectivity index (χ2n) is 8.29. The predicted octanol–water partition coefficient (Wildman–Crippen LogP) is 4.48. The van der Waals surface area contributed by atoms with Gasteiger partial charge in [-0.3, -0.25) is 19.1 Å². The fourth-order valence-corrected chi connectivity index (χ4v) is 4.64. The molecule has 0 saturated heterocycles. The normalized spacial score (nSPS) is 10.6. The van der Waals surface area contributed by atoms with Gasteiger partial charge in [0.15, 0.2) is 0 Å². The van der Waals surface area contributed by atoms with E-state index in [1.807, 2.05) is 42.5 Å². The van der Waals surface area contributed by atoms with Gasteiger partial charge in [-0.25, -0.2) is 4.68 Å². The maximum atomic E-state index is 13.0. The summed E-state index contributed by atoms with van der Waals surface area (Å²) in [5.41, 5.74) is 2.22. The van der Waals surface area contributed by atoms with Crippen molar-refractivity contribution in [2.24, 2.45) is 7.05 Å². The summed E-state index contributed by atoms with van der Waals surface area (Å²) in [5, 5.41) is 5.60. The van der Waals surface area contributed by atoms with Crippen molar-refractivity contribution in [2.45, 2.75) is 11.8 Å². The number of para-hydroxylation sites is 1. The fraction of sp³-hybridized carbons (Fsp3) is 0.179. The van der Waals surface area contributed by atoms with Crippen LogP contribution >= 0.6 is 11.8 Å². The third-order valence-corrected chi connectivity index (χ3v) is 6.97. The Morgan fingerprint density at radius 3 is 2.11 bits per heavy atom. The Labute approximate surface area is 224 Å². The first kappa shape index (κ1) is 26.6. The minimum absolute atomic E-state index is 0.114. The fourth-order valence-electron chi connectivity index (χ4n) is 3.94. The molecule has 0 unspecified atom stereocenters. The molecule has 3 aromatic carbocycles. The number of anilines is 2. The number of carbonyl (C=O) groups is 2. The molecule has 38 heavy (non-hydrogen) atoms. The largest absolute Gasteiger partial charge is 0.496 e. The van der Waals surface area contributed by atoms with E-state index in [-0.39, 0.29) is 28.8 Å². The summed E-state index contributed by atoms with van der Waals surface area (Å²) in [4.78, 5) is 39.4. The van der Waals surface area contributed by atoms with Crippen molar-refractivity contribution < 1.29 is 19.1 Å². The molecule has 4 aromatic rings. The summed E-state index contributed by atoms with van der Waals surface area (Å²) in [5.74, 6) is 0.275. The number of carbonyl (C=O) groups excluding carboxylic acids is 2. The summed E-state index contributed by atoms with van der Waals surface area (Å²) in [6.07, 6.45) is 0. The summed E-state index contributed by atoms with van der Waals surface area (Å²) in [7, 11) is 4.76. The molecule has 0 aliphatic rings. The molecule has 0 fully saturated rings. The first-order valence-electron chi connectivity index (χ1n) is 11.7. The van der Waals surface area contributed by atoms with Gasteiger partial charge in [-0.2, -0.15) is 0 Å². The number of benzene rings is 3. The zero-order chi connectivity index (χ0) is 27.2. The van der Waals surface area contributed by atoms with E-state index in [0.29, 0.717) is 34.1 Å². The van der Waals surface area contributed by atoms with E-state index in [9.17, 15) is 14.4 Å². The van der Waals surface area contributed by atoms with Crippen LogP contribution in [0.1, 0.15) is 16.1 Å². The Kier molecular flexibility index (Phi) is 8.22. The number of methoxy groups -OCH3 is 2. The molecule has 196 valence electrons. The lowest BCUT2D eigenvalue weighted by atomic mass is 10.1. The second kappa shape index (κ2) is 11.7. The average Bonchev–Trinajstić information content (AvgIpc) is 3.15. The highest BCUT2D eigenvalue weighted by Gasteiger charge is 2.19. The van der Waals surface area contributed by atoms with E-state index in [4.69, 9.17) is 9.47 Å². The highest BCUT2D eigenvalue weighted by atomic mass is 32.2. The highest BCUT2D eigenvalue weighted by Crippen LogP contribution is 2.29. The Hall–Kier alpha value is -4.44. The summed E-state index contributed by atoms with van der Waals surface area (Å²) < 4.78 is 13.8. The van der Waals surface area contributed by atoms with Crippen molar-refractivity contribution >= 4 is 35.0 Å². The van der Waals surface area contributed by atoms with Crippen molar-refractivity contribution in [3.63, 3.8) is 0 Å². The molecule has 0 saturated carbocycles. The van der Waals surface area contributed by atoms with Crippen LogP contribution in [0, 0.1) is 6.92 Å². The van der Waals surface area contributed by atoms with Gasteiger partial charge in [0.05, 0.1) is 31.4 Å².